The molecule has 0 spiro atoms. The maximum Gasteiger partial charge on any atom is 0.140 e. The molecule has 0 saturated carbocycles. The number of aromatic nitrogens is 2. The van der Waals surface area contributed by atoms with Gasteiger partial charge in [-0.2, -0.15) is 5.10 Å². The molecule has 2 aromatic rings. The van der Waals surface area contributed by atoms with E-state index < -0.39 is 12.3 Å². The van der Waals surface area contributed by atoms with Crippen LogP contribution in [0.1, 0.15) is 11.1 Å². The topological polar surface area (TPSA) is 41.3 Å². The molecule has 0 bridgehead atoms. The Balaban J connectivity index is 1.73. The monoisotopic (exact) mass is 275 g/mol. The summed E-state index contributed by atoms with van der Waals surface area (Å²) in [6, 6.07) is 10.0. The number of β-amino-alcohol motifs (C(OH)–C–C–N with tert-alkyl or cyclic N) is 1. The van der Waals surface area contributed by atoms with E-state index in [0.29, 0.717) is 26.2 Å². The van der Waals surface area contributed by atoms with Crippen LogP contribution in [0.3, 0.4) is 0 Å². The van der Waals surface area contributed by atoms with Crippen molar-refractivity contribution in [2.75, 3.05) is 13.1 Å². The van der Waals surface area contributed by atoms with Crippen LogP contribution in [0.25, 0.3) is 0 Å². The lowest BCUT2D eigenvalue weighted by molar-refractivity contribution is 0.115. The Morgan fingerprint density at radius 2 is 1.90 bits per heavy atom. The predicted molar refractivity (Wildman–Crippen MR) is 74.0 cm³/mol. The van der Waals surface area contributed by atoms with Gasteiger partial charge in [0.05, 0.1) is 12.6 Å². The lowest BCUT2D eigenvalue weighted by Crippen LogP contribution is -2.22. The lowest BCUT2D eigenvalue weighted by atomic mass is 10.1. The van der Waals surface area contributed by atoms with E-state index >= 15 is 0 Å². The Bertz CT molecular complexity index is 548. The summed E-state index contributed by atoms with van der Waals surface area (Å²) < 4.78 is 15.2. The van der Waals surface area contributed by atoms with Gasteiger partial charge < -0.3 is 5.11 Å². The standard InChI is InChI=1S/C15H18FN3O/c16-14-10-18(11-15(14)20)8-12-4-1-2-5-13(12)9-19-7-3-6-17-19/h1-7,14-15,20H,8-11H2/t14-,15-/m0/s1. The van der Waals surface area contributed by atoms with E-state index in [1.807, 2.05) is 34.0 Å². The fourth-order valence-corrected chi connectivity index (χ4v) is 2.63. The second kappa shape index (κ2) is 5.73. The van der Waals surface area contributed by atoms with Crippen molar-refractivity contribution in [3.05, 3.63) is 53.9 Å². The van der Waals surface area contributed by atoms with Crippen molar-refractivity contribution >= 4 is 0 Å². The van der Waals surface area contributed by atoms with Crippen LogP contribution in [0, 0.1) is 0 Å². The molecule has 1 aliphatic heterocycles. The zero-order chi connectivity index (χ0) is 13.9. The summed E-state index contributed by atoms with van der Waals surface area (Å²) in [5.41, 5.74) is 2.33. The zero-order valence-electron chi connectivity index (χ0n) is 11.2. The van der Waals surface area contributed by atoms with Crippen molar-refractivity contribution in [2.24, 2.45) is 0 Å². The van der Waals surface area contributed by atoms with Gasteiger partial charge in [-0.05, 0) is 17.2 Å². The summed E-state index contributed by atoms with van der Waals surface area (Å²) in [5.74, 6) is 0. The third kappa shape index (κ3) is 2.89. The largest absolute Gasteiger partial charge is 0.389 e. The number of rotatable bonds is 4. The normalized spacial score (nSPS) is 23.3. The molecule has 2 atom stereocenters. The molecular formula is C15H18FN3O. The van der Waals surface area contributed by atoms with Crippen molar-refractivity contribution in [3.63, 3.8) is 0 Å². The van der Waals surface area contributed by atoms with Gasteiger partial charge in [0, 0.05) is 32.0 Å². The van der Waals surface area contributed by atoms with E-state index in [1.54, 1.807) is 6.20 Å². The molecule has 4 nitrogen and oxygen atoms in total. The van der Waals surface area contributed by atoms with Crippen LogP contribution in [0.15, 0.2) is 42.7 Å². The average Bonchev–Trinajstić information content (AvgIpc) is 3.03. The van der Waals surface area contributed by atoms with Gasteiger partial charge in [0.25, 0.3) is 0 Å². The molecule has 5 heteroatoms. The Morgan fingerprint density at radius 1 is 1.15 bits per heavy atom. The van der Waals surface area contributed by atoms with Crippen molar-refractivity contribution in [1.82, 2.24) is 14.7 Å². The molecule has 0 unspecified atom stereocenters. The zero-order valence-corrected chi connectivity index (χ0v) is 11.2. The fourth-order valence-electron chi connectivity index (χ4n) is 2.63. The van der Waals surface area contributed by atoms with Crippen LogP contribution in [0.2, 0.25) is 0 Å². The number of alkyl halides is 1. The van der Waals surface area contributed by atoms with Crippen molar-refractivity contribution in [2.45, 2.75) is 25.4 Å². The van der Waals surface area contributed by atoms with E-state index in [1.165, 1.54) is 5.56 Å². The molecule has 0 amide bonds. The quantitative estimate of drug-likeness (QED) is 0.918. The number of nitrogens with zero attached hydrogens (tertiary/aromatic N) is 3. The van der Waals surface area contributed by atoms with Gasteiger partial charge in [-0.15, -0.1) is 0 Å². The van der Waals surface area contributed by atoms with Gasteiger partial charge in [-0.25, -0.2) is 4.39 Å². The molecule has 2 heterocycles. The molecule has 1 saturated heterocycles. The number of hydrogen-bond donors (Lipinski definition) is 1. The smallest absolute Gasteiger partial charge is 0.140 e. The Labute approximate surface area is 117 Å². The van der Waals surface area contributed by atoms with Gasteiger partial charge in [0.1, 0.15) is 6.17 Å². The molecule has 0 aliphatic carbocycles. The first kappa shape index (κ1) is 13.3. The summed E-state index contributed by atoms with van der Waals surface area (Å²) in [6.07, 6.45) is 1.70. The minimum atomic E-state index is -1.13. The molecule has 106 valence electrons. The number of aliphatic hydroxyl groups excluding tert-OH is 1. The first-order valence-corrected chi connectivity index (χ1v) is 6.81. The first-order valence-electron chi connectivity index (χ1n) is 6.81. The molecule has 3 rings (SSSR count). The fraction of sp³-hybridized carbons (Fsp3) is 0.400. The second-order valence-electron chi connectivity index (χ2n) is 5.25. The summed E-state index contributed by atoms with van der Waals surface area (Å²) in [7, 11) is 0. The summed E-state index contributed by atoms with van der Waals surface area (Å²) in [6.45, 7) is 2.07. The van der Waals surface area contributed by atoms with E-state index in [-0.39, 0.29) is 0 Å². The maximum absolute atomic E-state index is 13.4. The minimum absolute atomic E-state index is 0.303. The van der Waals surface area contributed by atoms with E-state index in [0.717, 1.165) is 5.56 Å². The number of likely N-dealkylation sites (tertiary alicyclic amines) is 1. The number of halogens is 1. The van der Waals surface area contributed by atoms with Crippen LogP contribution >= 0.6 is 0 Å². The number of aliphatic hydroxyl groups is 1. The third-order valence-corrected chi connectivity index (χ3v) is 3.70. The highest BCUT2D eigenvalue weighted by molar-refractivity contribution is 5.27. The third-order valence-electron chi connectivity index (χ3n) is 3.70. The number of hydrogen-bond acceptors (Lipinski definition) is 3. The lowest BCUT2D eigenvalue weighted by Gasteiger charge is -2.17. The Kier molecular flexibility index (Phi) is 3.80. The summed E-state index contributed by atoms with van der Waals surface area (Å²) >= 11 is 0. The van der Waals surface area contributed by atoms with Crippen molar-refractivity contribution in [1.29, 1.82) is 0 Å². The minimum Gasteiger partial charge on any atom is -0.389 e. The Morgan fingerprint density at radius 3 is 2.50 bits per heavy atom. The average molecular weight is 275 g/mol. The highest BCUT2D eigenvalue weighted by atomic mass is 19.1. The van der Waals surface area contributed by atoms with Crippen LogP contribution in [0.5, 0.6) is 0 Å². The van der Waals surface area contributed by atoms with Crippen LogP contribution < -0.4 is 0 Å². The molecule has 1 aliphatic rings. The number of benzene rings is 1. The van der Waals surface area contributed by atoms with Gasteiger partial charge in [0.15, 0.2) is 0 Å². The summed E-state index contributed by atoms with van der Waals surface area (Å²) in [4.78, 5) is 1.96. The molecule has 1 fully saturated rings. The van der Waals surface area contributed by atoms with Gasteiger partial charge in [0.2, 0.25) is 0 Å². The highest BCUT2D eigenvalue weighted by Gasteiger charge is 2.31. The van der Waals surface area contributed by atoms with E-state index in [9.17, 15) is 9.50 Å². The summed E-state index contributed by atoms with van der Waals surface area (Å²) in [5, 5.41) is 13.7. The molecular weight excluding hydrogens is 257 g/mol. The van der Waals surface area contributed by atoms with Gasteiger partial charge in [-0.1, -0.05) is 24.3 Å². The van der Waals surface area contributed by atoms with Gasteiger partial charge in [-0.3, -0.25) is 9.58 Å². The van der Waals surface area contributed by atoms with Crippen molar-refractivity contribution < 1.29 is 9.50 Å². The van der Waals surface area contributed by atoms with Crippen LogP contribution in [-0.2, 0) is 13.1 Å². The van der Waals surface area contributed by atoms with Crippen LogP contribution in [-0.4, -0.2) is 45.2 Å². The second-order valence-corrected chi connectivity index (χ2v) is 5.25. The highest BCUT2D eigenvalue weighted by Crippen LogP contribution is 2.19. The SMILES string of the molecule is O[C@H]1CN(Cc2ccccc2Cn2cccn2)C[C@@H]1F. The molecule has 1 N–H and O–H groups in total. The Hall–Kier alpha value is -1.72. The van der Waals surface area contributed by atoms with Gasteiger partial charge >= 0.3 is 0 Å². The molecule has 0 radical (unpaired) electrons. The molecule has 20 heavy (non-hydrogen) atoms. The maximum atomic E-state index is 13.4. The predicted octanol–water partition coefficient (Wildman–Crippen LogP) is 1.45. The van der Waals surface area contributed by atoms with Crippen molar-refractivity contribution in [3.8, 4) is 0 Å². The molecule has 1 aromatic carbocycles. The van der Waals surface area contributed by atoms with Crippen LogP contribution in [0.4, 0.5) is 4.39 Å². The first-order chi connectivity index (χ1) is 9.72. The van der Waals surface area contributed by atoms with E-state index in [2.05, 4.69) is 17.2 Å². The molecule has 1 aromatic heterocycles. The van der Waals surface area contributed by atoms with E-state index in [4.69, 9.17) is 0 Å².